The van der Waals surface area contributed by atoms with Gasteiger partial charge in [-0.3, -0.25) is 25.2 Å². The lowest BCUT2D eigenvalue weighted by Crippen LogP contribution is -2.40. The zero-order valence-electron chi connectivity index (χ0n) is 20.4. The molecule has 0 aliphatic heterocycles. The second kappa shape index (κ2) is 12.8. The zero-order chi connectivity index (χ0) is 27.6. The smallest absolute Gasteiger partial charge is 0.343 e. The molecule has 0 bridgehead atoms. The molecule has 0 spiro atoms. The maximum Gasteiger partial charge on any atom is 0.343 e. The van der Waals surface area contributed by atoms with Crippen LogP contribution in [0.1, 0.15) is 36.6 Å². The standard InChI is InChI=1S/C30H22ClN3O5/c31-24-15-10-23(11-16-24)30(38)39-26-9-5-4-6-20(26)14-19-27(35)33-34-29(37)22-12-17-25(18-13-22)32-28(36)21-7-2-1-3-8-21/h1-19H,(H,32,36)(H,33,35)(H,34,37)/b19-14+. The molecule has 0 saturated carbocycles. The number of hydrazine groups is 1. The number of nitrogens with one attached hydrogen (secondary N) is 3. The number of anilines is 1. The van der Waals surface area contributed by atoms with Gasteiger partial charge in [-0.1, -0.05) is 48.0 Å². The van der Waals surface area contributed by atoms with E-state index in [1.807, 2.05) is 6.07 Å². The summed E-state index contributed by atoms with van der Waals surface area (Å²) >= 11 is 5.86. The molecular weight excluding hydrogens is 518 g/mol. The van der Waals surface area contributed by atoms with Crippen molar-refractivity contribution in [3.05, 3.63) is 136 Å². The first-order valence-corrected chi connectivity index (χ1v) is 12.1. The average molecular weight is 540 g/mol. The minimum absolute atomic E-state index is 0.255. The molecule has 8 nitrogen and oxygen atoms in total. The van der Waals surface area contributed by atoms with Crippen molar-refractivity contribution in [3.8, 4) is 5.75 Å². The monoisotopic (exact) mass is 539 g/mol. The number of hydrogen-bond acceptors (Lipinski definition) is 5. The third-order valence-corrected chi connectivity index (χ3v) is 5.61. The van der Waals surface area contributed by atoms with E-state index in [1.165, 1.54) is 24.3 Å². The van der Waals surface area contributed by atoms with Gasteiger partial charge in [0.25, 0.3) is 17.7 Å². The highest BCUT2D eigenvalue weighted by Gasteiger charge is 2.12. The average Bonchev–Trinajstić information content (AvgIpc) is 2.96. The lowest BCUT2D eigenvalue weighted by atomic mass is 10.1. The van der Waals surface area contributed by atoms with Crippen LogP contribution in [-0.2, 0) is 4.79 Å². The van der Waals surface area contributed by atoms with Gasteiger partial charge < -0.3 is 10.1 Å². The second-order valence-electron chi connectivity index (χ2n) is 8.11. The molecule has 0 aromatic heterocycles. The largest absolute Gasteiger partial charge is 0.422 e. The highest BCUT2D eigenvalue weighted by molar-refractivity contribution is 6.30. The van der Waals surface area contributed by atoms with Crippen LogP contribution in [0.25, 0.3) is 6.08 Å². The van der Waals surface area contributed by atoms with Gasteiger partial charge in [-0.2, -0.15) is 0 Å². The van der Waals surface area contributed by atoms with E-state index in [-0.39, 0.29) is 17.2 Å². The number of halogens is 1. The molecule has 3 amide bonds. The molecule has 9 heteroatoms. The zero-order valence-corrected chi connectivity index (χ0v) is 21.1. The first-order valence-electron chi connectivity index (χ1n) is 11.7. The maximum absolute atomic E-state index is 12.4. The highest BCUT2D eigenvalue weighted by atomic mass is 35.5. The van der Waals surface area contributed by atoms with Crippen molar-refractivity contribution in [1.82, 2.24) is 10.9 Å². The van der Waals surface area contributed by atoms with E-state index in [2.05, 4.69) is 16.2 Å². The van der Waals surface area contributed by atoms with Crippen LogP contribution in [0.4, 0.5) is 5.69 Å². The van der Waals surface area contributed by atoms with Crippen molar-refractivity contribution >= 4 is 47.1 Å². The Bertz CT molecular complexity index is 1520. The third-order valence-electron chi connectivity index (χ3n) is 5.36. The number of rotatable bonds is 7. The summed E-state index contributed by atoms with van der Waals surface area (Å²) in [5.41, 5.74) is 6.72. The van der Waals surface area contributed by atoms with E-state index in [9.17, 15) is 19.2 Å². The van der Waals surface area contributed by atoms with Crippen LogP contribution in [-0.4, -0.2) is 23.7 Å². The highest BCUT2D eigenvalue weighted by Crippen LogP contribution is 2.21. The molecule has 0 heterocycles. The molecule has 39 heavy (non-hydrogen) atoms. The Morgan fingerprint density at radius 2 is 1.26 bits per heavy atom. The number of carbonyl (C=O) groups excluding carboxylic acids is 4. The van der Waals surface area contributed by atoms with Gasteiger partial charge in [-0.05, 0) is 72.8 Å². The first-order chi connectivity index (χ1) is 18.9. The molecule has 0 atom stereocenters. The Hall–Kier alpha value is -5.21. The minimum atomic E-state index is -0.603. The van der Waals surface area contributed by atoms with Crippen LogP contribution in [0.2, 0.25) is 5.02 Å². The number of ether oxygens (including phenoxy) is 1. The van der Waals surface area contributed by atoms with E-state index >= 15 is 0 Å². The van der Waals surface area contributed by atoms with Crippen LogP contribution >= 0.6 is 11.6 Å². The molecular formula is C30H22ClN3O5. The van der Waals surface area contributed by atoms with E-state index in [0.29, 0.717) is 27.4 Å². The fourth-order valence-corrected chi connectivity index (χ4v) is 3.48. The van der Waals surface area contributed by atoms with Crippen molar-refractivity contribution < 1.29 is 23.9 Å². The first kappa shape index (κ1) is 26.8. The van der Waals surface area contributed by atoms with Crippen LogP contribution in [0.3, 0.4) is 0 Å². The topological polar surface area (TPSA) is 114 Å². The van der Waals surface area contributed by atoms with Gasteiger partial charge in [-0.15, -0.1) is 0 Å². The predicted octanol–water partition coefficient (Wildman–Crippen LogP) is 5.29. The van der Waals surface area contributed by atoms with Gasteiger partial charge in [0, 0.05) is 33.5 Å². The SMILES string of the molecule is O=C(/C=C/c1ccccc1OC(=O)c1ccc(Cl)cc1)NNC(=O)c1ccc(NC(=O)c2ccccc2)cc1. The summed E-state index contributed by atoms with van der Waals surface area (Å²) < 4.78 is 5.46. The fourth-order valence-electron chi connectivity index (χ4n) is 3.35. The lowest BCUT2D eigenvalue weighted by Gasteiger charge is -2.09. The Kier molecular flexibility index (Phi) is 8.84. The van der Waals surface area contributed by atoms with Gasteiger partial charge in [0.2, 0.25) is 0 Å². The molecule has 0 aliphatic carbocycles. The second-order valence-corrected chi connectivity index (χ2v) is 8.54. The molecule has 0 saturated heterocycles. The van der Waals surface area contributed by atoms with Gasteiger partial charge in [0.05, 0.1) is 5.56 Å². The summed E-state index contributed by atoms with van der Waals surface area (Å²) in [7, 11) is 0. The molecule has 194 valence electrons. The molecule has 4 aromatic rings. The predicted molar refractivity (Wildman–Crippen MR) is 148 cm³/mol. The normalized spacial score (nSPS) is 10.5. The van der Waals surface area contributed by atoms with Crippen LogP contribution in [0, 0.1) is 0 Å². The number of benzene rings is 4. The Labute approximate surface area is 229 Å². The quantitative estimate of drug-likeness (QED) is 0.128. The fraction of sp³-hybridized carbons (Fsp3) is 0. The molecule has 0 aliphatic rings. The van der Waals surface area contributed by atoms with Crippen molar-refractivity contribution in [1.29, 1.82) is 0 Å². The number of carbonyl (C=O) groups is 4. The number of para-hydroxylation sites is 1. The van der Waals surface area contributed by atoms with E-state index < -0.39 is 17.8 Å². The summed E-state index contributed by atoms with van der Waals surface area (Å²) in [6.07, 6.45) is 2.65. The molecule has 0 radical (unpaired) electrons. The Morgan fingerprint density at radius 1 is 0.641 bits per heavy atom. The van der Waals surface area contributed by atoms with Gasteiger partial charge in [0.15, 0.2) is 0 Å². The molecule has 4 rings (SSSR count). The van der Waals surface area contributed by atoms with Gasteiger partial charge in [0.1, 0.15) is 5.75 Å². The summed E-state index contributed by atoms with van der Waals surface area (Å²) in [6, 6.07) is 27.9. The Morgan fingerprint density at radius 3 is 1.97 bits per heavy atom. The van der Waals surface area contributed by atoms with Crippen molar-refractivity contribution in [2.75, 3.05) is 5.32 Å². The van der Waals surface area contributed by atoms with E-state index in [4.69, 9.17) is 16.3 Å². The van der Waals surface area contributed by atoms with Gasteiger partial charge >= 0.3 is 5.97 Å². The summed E-state index contributed by atoms with van der Waals surface area (Å²) in [5.74, 6) is -1.74. The number of amides is 3. The minimum Gasteiger partial charge on any atom is -0.422 e. The molecule has 4 aromatic carbocycles. The molecule has 0 unspecified atom stereocenters. The van der Waals surface area contributed by atoms with E-state index in [1.54, 1.807) is 84.9 Å². The molecule has 3 N–H and O–H groups in total. The number of hydrogen-bond donors (Lipinski definition) is 3. The van der Waals surface area contributed by atoms with Crippen molar-refractivity contribution in [3.63, 3.8) is 0 Å². The van der Waals surface area contributed by atoms with E-state index in [0.717, 1.165) is 0 Å². The third kappa shape index (κ3) is 7.64. The van der Waals surface area contributed by atoms with Crippen molar-refractivity contribution in [2.45, 2.75) is 0 Å². The van der Waals surface area contributed by atoms with Crippen molar-refractivity contribution in [2.24, 2.45) is 0 Å². The molecule has 0 fully saturated rings. The summed E-state index contributed by atoms with van der Waals surface area (Å²) in [4.78, 5) is 49.4. The van der Waals surface area contributed by atoms with Gasteiger partial charge in [-0.25, -0.2) is 4.79 Å². The maximum atomic E-state index is 12.4. The summed E-state index contributed by atoms with van der Waals surface area (Å²) in [5, 5.41) is 3.25. The lowest BCUT2D eigenvalue weighted by molar-refractivity contribution is -0.117. The van der Waals surface area contributed by atoms with Crippen LogP contribution in [0.15, 0.2) is 109 Å². The Balaban J connectivity index is 1.30. The van der Waals surface area contributed by atoms with Crippen LogP contribution in [0.5, 0.6) is 5.75 Å². The number of esters is 1. The van der Waals surface area contributed by atoms with Crippen LogP contribution < -0.4 is 20.9 Å². The summed E-state index contributed by atoms with van der Waals surface area (Å²) in [6.45, 7) is 0.